The molecule has 2 rings (SSSR count). The zero-order valence-electron chi connectivity index (χ0n) is 10.9. The van der Waals surface area contributed by atoms with Gasteiger partial charge in [-0.3, -0.25) is 4.79 Å². The number of methoxy groups -OCH3 is 1. The lowest BCUT2D eigenvalue weighted by Gasteiger charge is -2.32. The smallest absolute Gasteiger partial charge is 0.391 e. The van der Waals surface area contributed by atoms with E-state index in [-0.39, 0.29) is 25.2 Å². The minimum Gasteiger partial charge on any atom is -0.469 e. The molecular formula is C12H15F3N2O2S. The Morgan fingerprint density at radius 2 is 2.15 bits per heavy atom. The van der Waals surface area contributed by atoms with E-state index >= 15 is 0 Å². The molecule has 0 spiro atoms. The molecule has 8 heteroatoms. The van der Waals surface area contributed by atoms with Crippen molar-refractivity contribution in [3.63, 3.8) is 0 Å². The van der Waals surface area contributed by atoms with Crippen LogP contribution in [-0.2, 0) is 16.0 Å². The van der Waals surface area contributed by atoms with Gasteiger partial charge in [-0.1, -0.05) is 0 Å². The average molecular weight is 308 g/mol. The number of carbonyl (C=O) groups excluding carboxylic acids is 1. The van der Waals surface area contributed by atoms with E-state index in [9.17, 15) is 18.0 Å². The van der Waals surface area contributed by atoms with Crippen molar-refractivity contribution in [3.8, 4) is 0 Å². The molecule has 1 aromatic rings. The highest BCUT2D eigenvalue weighted by Gasteiger charge is 2.41. The third-order valence-electron chi connectivity index (χ3n) is 3.32. The summed E-state index contributed by atoms with van der Waals surface area (Å²) >= 11 is 1.34. The zero-order chi connectivity index (χ0) is 14.8. The van der Waals surface area contributed by atoms with E-state index in [4.69, 9.17) is 0 Å². The van der Waals surface area contributed by atoms with Gasteiger partial charge in [-0.15, -0.1) is 11.3 Å². The number of alkyl halides is 3. The van der Waals surface area contributed by atoms with Gasteiger partial charge < -0.3 is 9.64 Å². The first kappa shape index (κ1) is 15.1. The Morgan fingerprint density at radius 3 is 2.70 bits per heavy atom. The minimum absolute atomic E-state index is 0.0893. The highest BCUT2D eigenvalue weighted by molar-refractivity contribution is 7.13. The van der Waals surface area contributed by atoms with Gasteiger partial charge in [0.25, 0.3) is 0 Å². The second kappa shape index (κ2) is 5.99. The molecule has 0 unspecified atom stereocenters. The SMILES string of the molecule is COC(=O)Cc1csc(N2CCC(C(F)(F)F)CC2)n1. The Balaban J connectivity index is 1.92. The van der Waals surface area contributed by atoms with Crippen LogP contribution in [0.5, 0.6) is 0 Å². The Kier molecular flexibility index (Phi) is 4.52. The van der Waals surface area contributed by atoms with Crippen LogP contribution in [0.2, 0.25) is 0 Å². The van der Waals surface area contributed by atoms with Crippen LogP contribution >= 0.6 is 11.3 Å². The van der Waals surface area contributed by atoms with Crippen LogP contribution in [0, 0.1) is 5.92 Å². The number of thiazole rings is 1. The van der Waals surface area contributed by atoms with Crippen LogP contribution in [0.4, 0.5) is 18.3 Å². The molecule has 4 nitrogen and oxygen atoms in total. The highest BCUT2D eigenvalue weighted by Crippen LogP contribution is 2.35. The maximum atomic E-state index is 12.6. The van der Waals surface area contributed by atoms with Crippen LogP contribution < -0.4 is 4.90 Å². The van der Waals surface area contributed by atoms with Gasteiger partial charge in [0.2, 0.25) is 0 Å². The largest absolute Gasteiger partial charge is 0.469 e. The lowest BCUT2D eigenvalue weighted by molar-refractivity contribution is -0.179. The van der Waals surface area contributed by atoms with Gasteiger partial charge in [0, 0.05) is 18.5 Å². The van der Waals surface area contributed by atoms with E-state index in [0.717, 1.165) is 0 Å². The third-order valence-corrected chi connectivity index (χ3v) is 4.27. The normalized spacial score (nSPS) is 17.3. The number of rotatable bonds is 3. The van der Waals surface area contributed by atoms with Gasteiger partial charge in [0.15, 0.2) is 5.13 Å². The number of anilines is 1. The van der Waals surface area contributed by atoms with Gasteiger partial charge >= 0.3 is 12.1 Å². The summed E-state index contributed by atoms with van der Waals surface area (Å²) in [6.45, 7) is 0.685. The number of aromatic nitrogens is 1. The van der Waals surface area contributed by atoms with Crippen LogP contribution in [0.3, 0.4) is 0 Å². The fraction of sp³-hybridized carbons (Fsp3) is 0.667. The predicted octanol–water partition coefficient (Wildman–Crippen LogP) is 2.64. The molecule has 0 N–H and O–H groups in total. The molecule has 0 amide bonds. The van der Waals surface area contributed by atoms with Gasteiger partial charge in [-0.2, -0.15) is 13.2 Å². The van der Waals surface area contributed by atoms with Crippen molar-refractivity contribution in [1.82, 2.24) is 4.98 Å². The number of ether oxygens (including phenoxy) is 1. The van der Waals surface area contributed by atoms with E-state index < -0.39 is 12.1 Å². The van der Waals surface area contributed by atoms with Gasteiger partial charge in [-0.25, -0.2) is 4.98 Å². The summed E-state index contributed by atoms with van der Waals surface area (Å²) in [4.78, 5) is 17.2. The summed E-state index contributed by atoms with van der Waals surface area (Å²) in [5.41, 5.74) is 0.592. The maximum Gasteiger partial charge on any atom is 0.391 e. The molecule has 0 bridgehead atoms. The summed E-state index contributed by atoms with van der Waals surface area (Å²) in [6, 6.07) is 0. The van der Waals surface area contributed by atoms with Crippen molar-refractivity contribution in [2.45, 2.75) is 25.4 Å². The summed E-state index contributed by atoms with van der Waals surface area (Å²) in [5.74, 6) is -1.59. The first-order valence-electron chi connectivity index (χ1n) is 6.23. The van der Waals surface area contributed by atoms with Crippen LogP contribution in [-0.4, -0.2) is 37.3 Å². The molecule has 0 aliphatic carbocycles. The van der Waals surface area contributed by atoms with E-state index in [1.165, 1.54) is 18.4 Å². The molecule has 1 saturated heterocycles. The first-order valence-corrected chi connectivity index (χ1v) is 7.11. The third kappa shape index (κ3) is 3.62. The Labute approximate surface area is 118 Å². The highest BCUT2D eigenvalue weighted by atomic mass is 32.1. The Bertz CT molecular complexity index is 468. The summed E-state index contributed by atoms with van der Waals surface area (Å²) < 4.78 is 42.3. The van der Waals surface area contributed by atoms with Crippen LogP contribution in [0.25, 0.3) is 0 Å². The minimum atomic E-state index is -4.11. The van der Waals surface area contributed by atoms with Crippen LogP contribution in [0.1, 0.15) is 18.5 Å². The monoisotopic (exact) mass is 308 g/mol. The van der Waals surface area contributed by atoms with E-state index in [1.807, 2.05) is 4.90 Å². The number of nitrogens with zero attached hydrogens (tertiary/aromatic N) is 2. The molecule has 1 aliphatic heterocycles. The van der Waals surface area contributed by atoms with Gasteiger partial charge in [-0.05, 0) is 12.8 Å². The van der Waals surface area contributed by atoms with E-state index in [2.05, 4.69) is 9.72 Å². The molecule has 20 heavy (non-hydrogen) atoms. The first-order chi connectivity index (χ1) is 9.40. The van der Waals surface area contributed by atoms with Crippen molar-refractivity contribution in [2.24, 2.45) is 5.92 Å². The molecular weight excluding hydrogens is 293 g/mol. The second-order valence-electron chi connectivity index (χ2n) is 4.68. The van der Waals surface area contributed by atoms with Gasteiger partial charge in [0.1, 0.15) is 0 Å². The Morgan fingerprint density at radius 1 is 1.50 bits per heavy atom. The fourth-order valence-electron chi connectivity index (χ4n) is 2.14. The molecule has 0 saturated carbocycles. The number of hydrogen-bond acceptors (Lipinski definition) is 5. The quantitative estimate of drug-likeness (QED) is 0.805. The average Bonchev–Trinajstić information content (AvgIpc) is 2.86. The molecule has 1 aliphatic rings. The van der Waals surface area contributed by atoms with Crippen molar-refractivity contribution >= 4 is 22.4 Å². The zero-order valence-corrected chi connectivity index (χ0v) is 11.8. The molecule has 2 heterocycles. The molecule has 0 aromatic carbocycles. The maximum absolute atomic E-state index is 12.6. The molecule has 112 valence electrons. The lowest BCUT2D eigenvalue weighted by Crippen LogP contribution is -2.39. The molecule has 1 fully saturated rings. The van der Waals surface area contributed by atoms with E-state index in [0.29, 0.717) is 23.9 Å². The van der Waals surface area contributed by atoms with Crippen LogP contribution in [0.15, 0.2) is 5.38 Å². The summed E-state index contributed by atoms with van der Waals surface area (Å²) in [5, 5.41) is 2.41. The topological polar surface area (TPSA) is 42.4 Å². The lowest BCUT2D eigenvalue weighted by atomic mass is 9.97. The predicted molar refractivity (Wildman–Crippen MR) is 68.8 cm³/mol. The number of carbonyl (C=O) groups is 1. The van der Waals surface area contributed by atoms with Crippen molar-refractivity contribution in [1.29, 1.82) is 0 Å². The number of halogens is 3. The van der Waals surface area contributed by atoms with Crippen molar-refractivity contribution in [2.75, 3.05) is 25.1 Å². The molecule has 0 radical (unpaired) electrons. The van der Waals surface area contributed by atoms with E-state index in [1.54, 1.807) is 5.38 Å². The van der Waals surface area contributed by atoms with Gasteiger partial charge in [0.05, 0.1) is 25.1 Å². The standard InChI is InChI=1S/C12H15F3N2O2S/c1-19-10(18)6-9-7-20-11(16-9)17-4-2-8(3-5-17)12(13,14)15/h7-8H,2-6H2,1H3. The fourth-order valence-corrected chi connectivity index (χ4v) is 3.02. The Hall–Kier alpha value is -1.31. The molecule has 1 aromatic heterocycles. The number of hydrogen-bond donors (Lipinski definition) is 0. The number of piperidine rings is 1. The van der Waals surface area contributed by atoms with Crippen molar-refractivity contribution < 1.29 is 22.7 Å². The number of esters is 1. The van der Waals surface area contributed by atoms with Crippen molar-refractivity contribution in [3.05, 3.63) is 11.1 Å². The summed E-state index contributed by atoms with van der Waals surface area (Å²) in [6.07, 6.45) is -3.83. The molecule has 0 atom stereocenters. The summed E-state index contributed by atoms with van der Waals surface area (Å²) in [7, 11) is 1.30. The second-order valence-corrected chi connectivity index (χ2v) is 5.51.